The molecule has 218 valence electrons. The number of halogens is 3. The van der Waals surface area contributed by atoms with Gasteiger partial charge in [-0.2, -0.15) is 13.2 Å². The van der Waals surface area contributed by atoms with Crippen molar-refractivity contribution in [3.63, 3.8) is 0 Å². The molecule has 6 atom stereocenters. The number of likely N-dealkylation sites (tertiary alicyclic amines) is 1. The molecule has 3 aliphatic heterocycles. The van der Waals surface area contributed by atoms with Crippen molar-refractivity contribution in [2.24, 2.45) is 5.92 Å². The Morgan fingerprint density at radius 3 is 2.18 bits per heavy atom. The highest BCUT2D eigenvalue weighted by Crippen LogP contribution is 2.37. The van der Waals surface area contributed by atoms with Crippen molar-refractivity contribution in [1.82, 2.24) is 10.2 Å². The van der Waals surface area contributed by atoms with E-state index in [2.05, 4.69) is 0 Å². The van der Waals surface area contributed by atoms with Crippen LogP contribution in [0.2, 0.25) is 0 Å². The van der Waals surface area contributed by atoms with Gasteiger partial charge in [-0.15, -0.1) is 0 Å². The summed E-state index contributed by atoms with van der Waals surface area (Å²) in [6.45, 7) is 3.05. The van der Waals surface area contributed by atoms with E-state index in [-0.39, 0.29) is 83.6 Å². The zero-order chi connectivity index (χ0) is 27.9. The Kier molecular flexibility index (Phi) is 10.8. The second-order valence-corrected chi connectivity index (χ2v) is 9.17. The van der Waals surface area contributed by atoms with E-state index in [1.807, 2.05) is 0 Å². The average Bonchev–Trinajstić information content (AvgIpc) is 3.37. The van der Waals surface area contributed by atoms with Crippen LogP contribution in [0.4, 0.5) is 13.2 Å². The van der Waals surface area contributed by atoms with Gasteiger partial charge in [-0.25, -0.2) is 0 Å². The minimum Gasteiger partial charge on any atom is -0.388 e. The van der Waals surface area contributed by atoms with Crippen LogP contribution in [0.3, 0.4) is 0 Å². The summed E-state index contributed by atoms with van der Waals surface area (Å²) in [6, 6.07) is -1.61. The van der Waals surface area contributed by atoms with Crippen molar-refractivity contribution in [3.05, 3.63) is 0 Å². The molecule has 0 aliphatic carbocycles. The molecule has 13 nitrogen and oxygen atoms in total. The summed E-state index contributed by atoms with van der Waals surface area (Å²) >= 11 is 0. The molecule has 16 heteroatoms. The van der Waals surface area contributed by atoms with E-state index in [4.69, 9.17) is 28.4 Å². The molecule has 3 aliphatic rings. The first-order chi connectivity index (χ1) is 18.0. The number of nitrogens with zero attached hydrogens (tertiary/aromatic N) is 1. The van der Waals surface area contributed by atoms with Crippen molar-refractivity contribution < 1.29 is 66.2 Å². The monoisotopic (exact) mass is 558 g/mol. The van der Waals surface area contributed by atoms with Gasteiger partial charge in [0, 0.05) is 12.3 Å². The van der Waals surface area contributed by atoms with Crippen LogP contribution in [0.1, 0.15) is 13.3 Å². The first-order valence-electron chi connectivity index (χ1n) is 12.1. The molecule has 0 saturated carbocycles. The maximum atomic E-state index is 12.5. The largest absolute Gasteiger partial charge is 0.471 e. The molecule has 3 saturated heterocycles. The maximum Gasteiger partial charge on any atom is 0.471 e. The average molecular weight is 559 g/mol. The van der Waals surface area contributed by atoms with Crippen molar-refractivity contribution in [3.8, 4) is 0 Å². The van der Waals surface area contributed by atoms with Crippen LogP contribution in [0.15, 0.2) is 0 Å². The second-order valence-electron chi connectivity index (χ2n) is 9.17. The van der Waals surface area contributed by atoms with Gasteiger partial charge in [-0.3, -0.25) is 19.3 Å². The Labute approximate surface area is 216 Å². The lowest BCUT2D eigenvalue weighted by molar-refractivity contribution is -0.240. The van der Waals surface area contributed by atoms with Gasteiger partial charge >= 0.3 is 12.1 Å². The molecule has 0 aromatic heterocycles. The quantitative estimate of drug-likeness (QED) is 0.156. The zero-order valence-electron chi connectivity index (χ0n) is 20.8. The lowest BCUT2D eigenvalue weighted by Crippen LogP contribution is -2.67. The number of alkyl halides is 3. The summed E-state index contributed by atoms with van der Waals surface area (Å²) in [4.78, 5) is 35.9. The topological polar surface area (TPSA) is 162 Å². The van der Waals surface area contributed by atoms with E-state index in [0.29, 0.717) is 6.61 Å². The number of aliphatic hydroxyl groups excluding tert-OH is 2. The first-order valence-corrected chi connectivity index (χ1v) is 12.1. The molecule has 3 fully saturated rings. The Hall–Kier alpha value is -1.92. The molecule has 3 amide bonds. The van der Waals surface area contributed by atoms with Crippen LogP contribution in [0.5, 0.6) is 0 Å². The number of amides is 3. The Balaban J connectivity index is 1.20. The molecule has 3 N–H and O–H groups in total. The number of fused-ring (bicyclic) bond motifs is 2. The number of aliphatic hydroxyl groups is 2. The van der Waals surface area contributed by atoms with Gasteiger partial charge in [0.05, 0.1) is 66.0 Å². The summed E-state index contributed by atoms with van der Waals surface area (Å²) in [7, 11) is 0. The van der Waals surface area contributed by atoms with E-state index < -0.39 is 42.2 Å². The molecule has 0 aromatic rings. The molecular formula is C22H33F3N2O11. The van der Waals surface area contributed by atoms with Gasteiger partial charge in [0.1, 0.15) is 23.9 Å². The number of carbonyl (C=O) groups is 3. The van der Waals surface area contributed by atoms with Gasteiger partial charge in [0.25, 0.3) is 0 Å². The molecule has 2 bridgehead atoms. The van der Waals surface area contributed by atoms with Crippen LogP contribution in [0.25, 0.3) is 0 Å². The number of hydrogen-bond donors (Lipinski definition) is 3. The van der Waals surface area contributed by atoms with E-state index in [9.17, 15) is 37.8 Å². The van der Waals surface area contributed by atoms with Crippen LogP contribution in [0, 0.1) is 5.92 Å². The molecule has 3 rings (SSSR count). The highest BCUT2D eigenvalue weighted by atomic mass is 19.4. The Bertz CT molecular complexity index is 833. The van der Waals surface area contributed by atoms with Crippen LogP contribution >= 0.6 is 0 Å². The van der Waals surface area contributed by atoms with E-state index in [1.165, 1.54) is 4.90 Å². The molecule has 38 heavy (non-hydrogen) atoms. The normalized spacial score (nSPS) is 31.3. The van der Waals surface area contributed by atoms with Gasteiger partial charge in [-0.05, 0) is 0 Å². The predicted octanol–water partition coefficient (Wildman–Crippen LogP) is -1.66. The number of hydrogen-bond acceptors (Lipinski definition) is 11. The summed E-state index contributed by atoms with van der Waals surface area (Å²) in [5.74, 6) is -2.93. The fraction of sp³-hybridized carbons (Fsp3) is 0.864. The molecule has 0 radical (unpaired) electrons. The van der Waals surface area contributed by atoms with Crippen molar-refractivity contribution in [2.75, 3.05) is 66.0 Å². The zero-order valence-corrected chi connectivity index (χ0v) is 20.8. The van der Waals surface area contributed by atoms with Gasteiger partial charge in [0.2, 0.25) is 11.8 Å². The van der Waals surface area contributed by atoms with Crippen LogP contribution in [-0.4, -0.2) is 135 Å². The summed E-state index contributed by atoms with van der Waals surface area (Å²) in [6.07, 6.45) is -9.75. The van der Waals surface area contributed by atoms with E-state index in [1.54, 1.807) is 12.2 Å². The number of carbonyl (C=O) groups excluding carboxylic acids is 3. The standard InChI is InChI=1S/C22H33F3N2O11/c1-13-10-14(28)27(18(13)31)2-3-33-4-5-34-6-7-35-8-9-36-11-21-12-37-19(38-21)15(16(29)17(21)30)26-20(32)22(23,24)25/h13,15-17,19,29-30H,2-12H2,1H3,(H,26,32)/t13?,15-,16+,17+,19-,21-/m0/s1. The number of rotatable bonds is 15. The third kappa shape index (κ3) is 7.59. The van der Waals surface area contributed by atoms with Gasteiger partial charge < -0.3 is 44.0 Å². The summed E-state index contributed by atoms with van der Waals surface area (Å²) in [5, 5.41) is 22.2. The lowest BCUT2D eigenvalue weighted by atomic mass is 9.88. The minimum absolute atomic E-state index is 0.0858. The fourth-order valence-electron chi connectivity index (χ4n) is 4.21. The predicted molar refractivity (Wildman–Crippen MR) is 117 cm³/mol. The van der Waals surface area contributed by atoms with Crippen molar-refractivity contribution in [2.45, 2.75) is 49.7 Å². The molecule has 0 spiro atoms. The Morgan fingerprint density at radius 1 is 1.05 bits per heavy atom. The smallest absolute Gasteiger partial charge is 0.388 e. The van der Waals surface area contributed by atoms with Crippen LogP contribution in [-0.2, 0) is 42.8 Å². The molecule has 0 aromatic carbocycles. The van der Waals surface area contributed by atoms with Crippen molar-refractivity contribution in [1.29, 1.82) is 0 Å². The fourth-order valence-corrected chi connectivity index (χ4v) is 4.21. The van der Waals surface area contributed by atoms with Crippen molar-refractivity contribution >= 4 is 17.7 Å². The molecular weight excluding hydrogens is 525 g/mol. The first kappa shape index (κ1) is 30.6. The molecule has 3 heterocycles. The second kappa shape index (κ2) is 13.4. The minimum atomic E-state index is -5.17. The van der Waals surface area contributed by atoms with E-state index in [0.717, 1.165) is 0 Å². The highest BCUT2D eigenvalue weighted by molar-refractivity contribution is 6.03. The number of ether oxygens (including phenoxy) is 6. The summed E-state index contributed by atoms with van der Waals surface area (Å²) in [5.41, 5.74) is -1.50. The van der Waals surface area contributed by atoms with Gasteiger partial charge in [0.15, 0.2) is 6.29 Å². The van der Waals surface area contributed by atoms with E-state index >= 15 is 0 Å². The van der Waals surface area contributed by atoms with Gasteiger partial charge in [-0.1, -0.05) is 6.92 Å². The number of nitrogens with one attached hydrogen (secondary N) is 1. The Morgan fingerprint density at radius 2 is 1.63 bits per heavy atom. The van der Waals surface area contributed by atoms with Crippen LogP contribution < -0.4 is 5.32 Å². The number of imide groups is 1. The lowest BCUT2D eigenvalue weighted by Gasteiger charge is -2.42. The SMILES string of the molecule is CC1CC(=O)N(CCOCCOCCOCCOC[C@@]23CO[C@@H](O2)[C@@H](NC(=O)C(F)(F)F)[C@@H](O)[C@H]3O)C1=O. The third-order valence-electron chi connectivity index (χ3n) is 6.31. The maximum absolute atomic E-state index is 12.5. The third-order valence-corrected chi connectivity index (χ3v) is 6.31. The molecule has 1 unspecified atom stereocenters. The summed E-state index contributed by atoms with van der Waals surface area (Å²) < 4.78 is 69.8. The highest BCUT2D eigenvalue weighted by Gasteiger charge is 2.60.